The smallest absolute Gasteiger partial charge is 0.414 e. The van der Waals surface area contributed by atoms with Crippen molar-refractivity contribution in [2.45, 2.75) is 13.3 Å². The van der Waals surface area contributed by atoms with Gasteiger partial charge in [0.25, 0.3) is 11.5 Å². The van der Waals surface area contributed by atoms with Crippen molar-refractivity contribution in [3.8, 4) is 6.07 Å². The number of hydrazone groups is 1. The maximum absolute atomic E-state index is 12.0. The summed E-state index contributed by atoms with van der Waals surface area (Å²) in [5, 5.41) is 23.0. The summed E-state index contributed by atoms with van der Waals surface area (Å²) in [6, 6.07) is 11.6. The Labute approximate surface area is 197 Å². The number of rotatable bonds is 6. The molecule has 0 unspecified atom stereocenters. The minimum absolute atomic E-state index is 0.0596. The number of nitrogens with zero attached hydrogens (tertiary/aromatic N) is 3. The summed E-state index contributed by atoms with van der Waals surface area (Å²) in [6.45, 7) is 1.63. The Bertz CT molecular complexity index is 1340. The minimum Gasteiger partial charge on any atom is -0.450 e. The number of carbonyl (C=O) groups is 2. The number of alkyl carbamates (subject to hydrolysis) is 1. The Morgan fingerprint density at radius 3 is 2.52 bits per heavy atom. The molecule has 0 spiro atoms. The van der Waals surface area contributed by atoms with E-state index in [1.165, 1.54) is 12.1 Å². The van der Waals surface area contributed by atoms with E-state index in [-0.39, 0.29) is 28.6 Å². The summed E-state index contributed by atoms with van der Waals surface area (Å²) in [5.74, 6) is -1.03. The van der Waals surface area contributed by atoms with Gasteiger partial charge in [0, 0.05) is 21.9 Å². The number of amides is 2. The van der Waals surface area contributed by atoms with E-state index in [2.05, 4.69) is 25.5 Å². The molecule has 0 saturated heterocycles. The molecule has 33 heavy (non-hydrogen) atoms. The van der Waals surface area contributed by atoms with E-state index in [4.69, 9.17) is 28.5 Å². The minimum atomic E-state index is -1.03. The van der Waals surface area contributed by atoms with Crippen LogP contribution < -0.4 is 16.3 Å². The summed E-state index contributed by atoms with van der Waals surface area (Å²) < 4.78 is 4.58. The van der Waals surface area contributed by atoms with Crippen LogP contribution in [0.2, 0.25) is 10.0 Å². The number of ether oxygens (including phenoxy) is 1. The van der Waals surface area contributed by atoms with E-state index < -0.39 is 17.7 Å². The number of imide groups is 1. The maximum atomic E-state index is 12.0. The Hall–Kier alpha value is -3.94. The first kappa shape index (κ1) is 23.7. The molecule has 0 atom stereocenters. The third-order valence-corrected chi connectivity index (χ3v) is 5.04. The maximum Gasteiger partial charge on any atom is 0.414 e. The van der Waals surface area contributed by atoms with Crippen LogP contribution in [0, 0.1) is 11.3 Å². The number of nitrogens with one attached hydrogen (secondary N) is 3. The highest BCUT2D eigenvalue weighted by atomic mass is 35.5. The lowest BCUT2D eigenvalue weighted by Gasteiger charge is -2.11. The van der Waals surface area contributed by atoms with Crippen LogP contribution in [0.15, 0.2) is 46.3 Å². The number of fused-ring (bicyclic) bond motifs is 1. The molecule has 1 heterocycles. The average Bonchev–Trinajstić information content (AvgIpc) is 2.78. The van der Waals surface area contributed by atoms with Gasteiger partial charge in [0.1, 0.15) is 6.07 Å². The SMILES string of the molecule is CCOC(=O)NC(=O)/C(C#N)=N\Nc1cc(Cl)c(Cc2n[nH]c(=O)c3ccccc23)c(Cl)c1. The number of hydrogen-bond acceptors (Lipinski definition) is 8. The molecular formula is C21H16Cl2N6O4. The highest BCUT2D eigenvalue weighted by Gasteiger charge is 2.16. The van der Waals surface area contributed by atoms with Gasteiger partial charge in [-0.15, -0.1) is 0 Å². The number of aromatic nitrogens is 2. The highest BCUT2D eigenvalue weighted by Crippen LogP contribution is 2.31. The van der Waals surface area contributed by atoms with Gasteiger partial charge < -0.3 is 4.74 Å². The summed E-state index contributed by atoms with van der Waals surface area (Å²) in [4.78, 5) is 35.2. The Morgan fingerprint density at radius 1 is 1.21 bits per heavy atom. The van der Waals surface area contributed by atoms with Crippen molar-refractivity contribution >= 4 is 57.4 Å². The zero-order valence-electron chi connectivity index (χ0n) is 17.1. The summed E-state index contributed by atoms with van der Waals surface area (Å²) >= 11 is 12.8. The molecular weight excluding hydrogens is 471 g/mol. The van der Waals surface area contributed by atoms with Crippen LogP contribution in [0.3, 0.4) is 0 Å². The lowest BCUT2D eigenvalue weighted by Crippen LogP contribution is -2.36. The number of carbonyl (C=O) groups excluding carboxylic acids is 2. The topological polar surface area (TPSA) is 149 Å². The third-order valence-electron chi connectivity index (χ3n) is 4.37. The standard InChI is InChI=1S/C21H16Cl2N6O4/c1-2-33-21(32)25-20(31)18(10-24)28-26-11-7-15(22)14(16(23)8-11)9-17-12-5-3-4-6-13(12)19(30)29-27-17/h3-8,26H,2,9H2,1H3,(H,29,30)(H,25,31,32)/b28-18-. The molecule has 0 bridgehead atoms. The Morgan fingerprint density at radius 2 is 1.88 bits per heavy atom. The van der Waals surface area contributed by atoms with E-state index in [1.54, 1.807) is 37.3 Å². The zero-order chi connectivity index (χ0) is 24.0. The molecule has 1 aromatic heterocycles. The average molecular weight is 487 g/mol. The van der Waals surface area contributed by atoms with Crippen molar-refractivity contribution in [1.29, 1.82) is 5.26 Å². The van der Waals surface area contributed by atoms with Gasteiger partial charge in [-0.3, -0.25) is 20.3 Å². The fourth-order valence-corrected chi connectivity index (χ4v) is 3.50. The summed E-state index contributed by atoms with van der Waals surface area (Å²) in [5.41, 5.74) is 3.03. The molecule has 0 aliphatic rings. The molecule has 12 heteroatoms. The molecule has 3 N–H and O–H groups in total. The van der Waals surface area contributed by atoms with E-state index in [1.807, 2.05) is 5.32 Å². The Balaban J connectivity index is 1.82. The molecule has 3 rings (SSSR count). The largest absolute Gasteiger partial charge is 0.450 e. The summed E-state index contributed by atoms with van der Waals surface area (Å²) in [7, 11) is 0. The lowest BCUT2D eigenvalue weighted by atomic mass is 10.0. The fourth-order valence-electron chi connectivity index (χ4n) is 2.88. The second-order valence-corrected chi connectivity index (χ2v) is 7.31. The molecule has 2 aromatic carbocycles. The lowest BCUT2D eigenvalue weighted by molar-refractivity contribution is -0.114. The first-order valence-electron chi connectivity index (χ1n) is 9.50. The predicted octanol–water partition coefficient (Wildman–Crippen LogP) is 3.38. The van der Waals surface area contributed by atoms with Crippen LogP contribution in [0.5, 0.6) is 0 Å². The third kappa shape index (κ3) is 5.65. The van der Waals surface area contributed by atoms with Crippen LogP contribution in [0.1, 0.15) is 18.2 Å². The zero-order valence-corrected chi connectivity index (χ0v) is 18.6. The first-order chi connectivity index (χ1) is 15.8. The monoisotopic (exact) mass is 486 g/mol. The molecule has 3 aromatic rings. The van der Waals surface area contributed by atoms with Crippen molar-refractivity contribution in [1.82, 2.24) is 15.5 Å². The molecule has 0 aliphatic carbocycles. The first-order valence-corrected chi connectivity index (χ1v) is 10.3. The van der Waals surface area contributed by atoms with E-state index in [0.717, 1.165) is 0 Å². The van der Waals surface area contributed by atoms with Gasteiger partial charge in [0.2, 0.25) is 5.71 Å². The second kappa shape index (κ2) is 10.6. The van der Waals surface area contributed by atoms with Gasteiger partial charge in [0.15, 0.2) is 0 Å². The molecule has 2 amide bonds. The fraction of sp³-hybridized carbons (Fsp3) is 0.143. The van der Waals surface area contributed by atoms with Crippen LogP contribution in [0.4, 0.5) is 10.5 Å². The van der Waals surface area contributed by atoms with Gasteiger partial charge in [-0.25, -0.2) is 9.89 Å². The number of benzene rings is 2. The van der Waals surface area contributed by atoms with Crippen molar-refractivity contribution in [3.05, 3.63) is 68.1 Å². The molecule has 168 valence electrons. The normalized spacial score (nSPS) is 11.0. The van der Waals surface area contributed by atoms with Gasteiger partial charge in [-0.1, -0.05) is 41.4 Å². The van der Waals surface area contributed by atoms with E-state index in [0.29, 0.717) is 27.7 Å². The number of aromatic amines is 1. The van der Waals surface area contributed by atoms with Crippen molar-refractivity contribution in [2.75, 3.05) is 12.0 Å². The van der Waals surface area contributed by atoms with Crippen molar-refractivity contribution in [3.63, 3.8) is 0 Å². The van der Waals surface area contributed by atoms with E-state index >= 15 is 0 Å². The number of nitriles is 1. The molecule has 0 radical (unpaired) electrons. The van der Waals surface area contributed by atoms with Crippen LogP contribution in [-0.4, -0.2) is 34.5 Å². The van der Waals surface area contributed by atoms with Crippen LogP contribution >= 0.6 is 23.2 Å². The van der Waals surface area contributed by atoms with Gasteiger partial charge in [-0.05, 0) is 30.7 Å². The quantitative estimate of drug-likeness (QED) is 0.356. The summed E-state index contributed by atoms with van der Waals surface area (Å²) in [6.07, 6.45) is -0.756. The number of halogens is 2. The van der Waals surface area contributed by atoms with Crippen LogP contribution in [0.25, 0.3) is 10.8 Å². The molecule has 10 nitrogen and oxygen atoms in total. The van der Waals surface area contributed by atoms with Gasteiger partial charge >= 0.3 is 6.09 Å². The highest BCUT2D eigenvalue weighted by molar-refractivity contribution is 6.47. The van der Waals surface area contributed by atoms with Gasteiger partial charge in [-0.2, -0.15) is 15.5 Å². The predicted molar refractivity (Wildman–Crippen MR) is 123 cm³/mol. The van der Waals surface area contributed by atoms with Crippen molar-refractivity contribution < 1.29 is 14.3 Å². The second-order valence-electron chi connectivity index (χ2n) is 6.50. The van der Waals surface area contributed by atoms with Crippen LogP contribution in [-0.2, 0) is 16.0 Å². The Kier molecular flexibility index (Phi) is 7.61. The number of anilines is 1. The number of hydrogen-bond donors (Lipinski definition) is 3. The molecule has 0 aliphatic heterocycles. The van der Waals surface area contributed by atoms with Gasteiger partial charge in [0.05, 0.1) is 23.4 Å². The molecule has 0 fully saturated rings. The number of H-pyrrole nitrogens is 1. The van der Waals surface area contributed by atoms with Crippen molar-refractivity contribution in [2.24, 2.45) is 5.10 Å². The van der Waals surface area contributed by atoms with E-state index in [9.17, 15) is 14.4 Å². The molecule has 0 saturated carbocycles.